The number of halogens is 1. The third-order valence-corrected chi connectivity index (χ3v) is 3.06. The van der Waals surface area contributed by atoms with E-state index in [1.165, 1.54) is 0 Å². The first kappa shape index (κ1) is 14.0. The lowest BCUT2D eigenvalue weighted by atomic mass is 10.1. The molecule has 0 amide bonds. The van der Waals surface area contributed by atoms with Crippen LogP contribution in [0.5, 0.6) is 0 Å². The molecule has 0 aliphatic rings. The van der Waals surface area contributed by atoms with Crippen LogP contribution < -0.4 is 11.3 Å². The average molecular weight is 282 g/mol. The third kappa shape index (κ3) is 3.10. The fourth-order valence-electron chi connectivity index (χ4n) is 1.87. The van der Waals surface area contributed by atoms with Gasteiger partial charge in [0.15, 0.2) is 0 Å². The van der Waals surface area contributed by atoms with Crippen LogP contribution in [-0.2, 0) is 11.3 Å². The summed E-state index contributed by atoms with van der Waals surface area (Å²) in [7, 11) is 1.64. The Kier molecular flexibility index (Phi) is 4.86. The van der Waals surface area contributed by atoms with Crippen LogP contribution in [0.25, 0.3) is 0 Å². The molecule has 0 saturated carbocycles. The van der Waals surface area contributed by atoms with Crippen molar-refractivity contribution in [2.45, 2.75) is 12.6 Å². The van der Waals surface area contributed by atoms with Crippen molar-refractivity contribution in [1.82, 2.24) is 20.2 Å². The summed E-state index contributed by atoms with van der Waals surface area (Å²) in [5, 5.41) is 4.78. The summed E-state index contributed by atoms with van der Waals surface area (Å²) in [4.78, 5) is 4.29. The van der Waals surface area contributed by atoms with Gasteiger partial charge in [-0.1, -0.05) is 17.7 Å². The van der Waals surface area contributed by atoms with Crippen molar-refractivity contribution in [3.63, 3.8) is 0 Å². The average Bonchev–Trinajstić information content (AvgIpc) is 2.80. The maximum atomic E-state index is 6.20. The predicted octanol–water partition coefficient (Wildman–Crippen LogP) is 1.13. The summed E-state index contributed by atoms with van der Waals surface area (Å²) in [5.41, 5.74) is 4.29. The molecule has 6 nitrogen and oxygen atoms in total. The van der Waals surface area contributed by atoms with E-state index in [1.54, 1.807) is 24.2 Å². The van der Waals surface area contributed by atoms with E-state index in [0.29, 0.717) is 18.2 Å². The van der Waals surface area contributed by atoms with Crippen molar-refractivity contribution in [3.05, 3.63) is 47.0 Å². The summed E-state index contributed by atoms with van der Waals surface area (Å²) in [6, 6.07) is 5.32. The molecule has 0 aliphatic heterocycles. The Balaban J connectivity index is 2.35. The van der Waals surface area contributed by atoms with Crippen LogP contribution >= 0.6 is 11.6 Å². The van der Waals surface area contributed by atoms with Gasteiger partial charge in [0, 0.05) is 13.3 Å². The molecule has 2 aromatic rings. The number of hydrazine groups is 1. The summed E-state index contributed by atoms with van der Waals surface area (Å²) >= 11 is 6.20. The second-order valence-electron chi connectivity index (χ2n) is 3.95. The Hall–Kier alpha value is -1.47. The summed E-state index contributed by atoms with van der Waals surface area (Å²) in [6.45, 7) is 1.15. The second kappa shape index (κ2) is 6.63. The minimum absolute atomic E-state index is 0.312. The normalized spacial score (nSPS) is 12.6. The van der Waals surface area contributed by atoms with Crippen LogP contribution in [0.4, 0.5) is 0 Å². The lowest BCUT2D eigenvalue weighted by molar-refractivity contribution is 0.182. The highest BCUT2D eigenvalue weighted by atomic mass is 35.5. The number of hydrogen-bond acceptors (Lipinski definition) is 5. The summed E-state index contributed by atoms with van der Waals surface area (Å²) in [6.07, 6.45) is 3.31. The molecular formula is C12H16ClN5O. The highest BCUT2D eigenvalue weighted by Gasteiger charge is 2.21. The zero-order valence-electron chi connectivity index (χ0n) is 10.6. The predicted molar refractivity (Wildman–Crippen MR) is 72.5 cm³/mol. The Morgan fingerprint density at radius 2 is 2.37 bits per heavy atom. The van der Waals surface area contributed by atoms with E-state index in [-0.39, 0.29) is 6.04 Å². The topological polar surface area (TPSA) is 78.0 Å². The van der Waals surface area contributed by atoms with Crippen LogP contribution in [0.3, 0.4) is 0 Å². The van der Waals surface area contributed by atoms with Crippen LogP contribution in [0, 0.1) is 0 Å². The highest BCUT2D eigenvalue weighted by molar-refractivity contribution is 6.31. The Morgan fingerprint density at radius 3 is 3.00 bits per heavy atom. The van der Waals surface area contributed by atoms with Crippen LogP contribution in [-0.4, -0.2) is 28.5 Å². The van der Waals surface area contributed by atoms with Gasteiger partial charge in [-0.25, -0.2) is 5.43 Å². The van der Waals surface area contributed by atoms with Crippen molar-refractivity contribution >= 4 is 11.6 Å². The molecule has 2 aromatic heterocycles. The van der Waals surface area contributed by atoms with E-state index in [0.717, 1.165) is 11.4 Å². The number of hydrogen-bond donors (Lipinski definition) is 2. The fraction of sp³-hybridized carbons (Fsp3) is 0.333. The molecule has 0 aliphatic carbocycles. The van der Waals surface area contributed by atoms with Crippen molar-refractivity contribution in [3.8, 4) is 0 Å². The van der Waals surface area contributed by atoms with E-state index in [4.69, 9.17) is 22.2 Å². The molecule has 0 radical (unpaired) electrons. The lowest BCUT2D eigenvalue weighted by Gasteiger charge is -2.17. The van der Waals surface area contributed by atoms with E-state index >= 15 is 0 Å². The van der Waals surface area contributed by atoms with E-state index in [2.05, 4.69) is 15.5 Å². The van der Waals surface area contributed by atoms with Gasteiger partial charge in [0.1, 0.15) is 6.04 Å². The van der Waals surface area contributed by atoms with Crippen molar-refractivity contribution < 1.29 is 4.74 Å². The van der Waals surface area contributed by atoms with Gasteiger partial charge in [-0.3, -0.25) is 15.5 Å². The molecule has 1 atom stereocenters. The largest absolute Gasteiger partial charge is 0.383 e. The molecule has 2 heterocycles. The van der Waals surface area contributed by atoms with Gasteiger partial charge in [-0.2, -0.15) is 5.10 Å². The van der Waals surface area contributed by atoms with Gasteiger partial charge in [0.25, 0.3) is 0 Å². The second-order valence-corrected chi connectivity index (χ2v) is 4.36. The van der Waals surface area contributed by atoms with Crippen LogP contribution in [0.15, 0.2) is 30.6 Å². The van der Waals surface area contributed by atoms with Gasteiger partial charge >= 0.3 is 0 Å². The van der Waals surface area contributed by atoms with Crippen molar-refractivity contribution in [1.29, 1.82) is 0 Å². The minimum atomic E-state index is -0.312. The quantitative estimate of drug-likeness (QED) is 0.613. The zero-order chi connectivity index (χ0) is 13.7. The number of nitrogens with one attached hydrogen (secondary N) is 1. The number of aromatic nitrogens is 3. The minimum Gasteiger partial charge on any atom is -0.383 e. The number of nitrogens with two attached hydrogens (primary N) is 1. The molecule has 102 valence electrons. The molecular weight excluding hydrogens is 266 g/mol. The molecule has 7 heteroatoms. The molecule has 0 bridgehead atoms. The smallest absolute Gasteiger partial charge is 0.106 e. The number of methoxy groups -OCH3 is 1. The molecule has 1 unspecified atom stereocenters. The first-order valence-corrected chi connectivity index (χ1v) is 6.23. The number of pyridine rings is 1. The van der Waals surface area contributed by atoms with Gasteiger partial charge in [-0.15, -0.1) is 0 Å². The fourth-order valence-corrected chi connectivity index (χ4v) is 2.12. The standard InChI is InChI=1S/C12H16ClN5O/c1-19-7-6-18-12(9(13)8-16-18)11(17-14)10-4-2-3-5-15-10/h2-5,8,11,17H,6-7,14H2,1H3. The maximum Gasteiger partial charge on any atom is 0.106 e. The molecule has 19 heavy (non-hydrogen) atoms. The monoisotopic (exact) mass is 281 g/mol. The van der Waals surface area contributed by atoms with E-state index in [9.17, 15) is 0 Å². The number of ether oxygens (including phenoxy) is 1. The highest BCUT2D eigenvalue weighted by Crippen LogP contribution is 2.26. The first-order chi connectivity index (χ1) is 9.27. The Bertz CT molecular complexity index is 516. The third-order valence-electron chi connectivity index (χ3n) is 2.76. The van der Waals surface area contributed by atoms with Crippen molar-refractivity contribution in [2.24, 2.45) is 5.84 Å². The number of rotatable bonds is 6. The molecule has 0 saturated heterocycles. The lowest BCUT2D eigenvalue weighted by Crippen LogP contribution is -2.31. The Labute approximate surface area is 116 Å². The van der Waals surface area contributed by atoms with E-state index < -0.39 is 0 Å². The Morgan fingerprint density at radius 1 is 1.53 bits per heavy atom. The molecule has 3 N–H and O–H groups in total. The molecule has 2 rings (SSSR count). The zero-order valence-corrected chi connectivity index (χ0v) is 11.3. The molecule has 0 fully saturated rings. The summed E-state index contributed by atoms with van der Waals surface area (Å²) < 4.78 is 6.83. The van der Waals surface area contributed by atoms with Gasteiger partial charge in [0.2, 0.25) is 0 Å². The van der Waals surface area contributed by atoms with Gasteiger partial charge in [-0.05, 0) is 12.1 Å². The van der Waals surface area contributed by atoms with Gasteiger partial charge < -0.3 is 4.74 Å². The SMILES string of the molecule is COCCn1ncc(Cl)c1C(NN)c1ccccn1. The van der Waals surface area contributed by atoms with Gasteiger partial charge in [0.05, 0.1) is 35.8 Å². The summed E-state index contributed by atoms with van der Waals surface area (Å²) in [5.74, 6) is 5.64. The maximum absolute atomic E-state index is 6.20. The van der Waals surface area contributed by atoms with Crippen molar-refractivity contribution in [2.75, 3.05) is 13.7 Å². The molecule has 0 spiro atoms. The van der Waals surface area contributed by atoms with Crippen LogP contribution in [0.2, 0.25) is 5.02 Å². The first-order valence-electron chi connectivity index (χ1n) is 5.85. The van der Waals surface area contributed by atoms with E-state index in [1.807, 2.05) is 18.2 Å². The van der Waals surface area contributed by atoms with Crippen LogP contribution in [0.1, 0.15) is 17.4 Å². The molecule has 0 aromatic carbocycles. The number of nitrogens with zero attached hydrogens (tertiary/aromatic N) is 3.